The van der Waals surface area contributed by atoms with Crippen LogP contribution in [0.25, 0.3) is 0 Å². The van der Waals surface area contributed by atoms with Crippen LogP contribution in [0.15, 0.2) is 48.5 Å². The molecular weight excluding hydrogens is 358 g/mol. The van der Waals surface area contributed by atoms with Gasteiger partial charge in [-0.05, 0) is 25.0 Å². The molecule has 5 nitrogen and oxygen atoms in total. The van der Waals surface area contributed by atoms with E-state index < -0.39 is 0 Å². The smallest absolute Gasteiger partial charge is 0.0206 e. The van der Waals surface area contributed by atoms with Crippen LogP contribution in [0, 0.1) is 13.8 Å². The van der Waals surface area contributed by atoms with Gasteiger partial charge in [0.1, 0.15) is 0 Å². The summed E-state index contributed by atoms with van der Waals surface area (Å²) in [5, 5.41) is 17.3. The van der Waals surface area contributed by atoms with Crippen LogP contribution in [0.1, 0.15) is 22.3 Å². The van der Waals surface area contributed by atoms with Crippen LogP contribution >= 0.6 is 0 Å². The van der Waals surface area contributed by atoms with Gasteiger partial charge in [0.15, 0.2) is 0 Å². The quantitative estimate of drug-likeness (QED) is 0.280. The van der Waals surface area contributed by atoms with E-state index in [0.717, 1.165) is 65.4 Å². The van der Waals surface area contributed by atoms with Crippen molar-refractivity contribution in [1.82, 2.24) is 26.6 Å². The van der Waals surface area contributed by atoms with Gasteiger partial charge in [-0.2, -0.15) is 0 Å². The minimum Gasteiger partial charge on any atom is -0.314 e. The lowest BCUT2D eigenvalue weighted by atomic mass is 10.1. The van der Waals surface area contributed by atoms with Crippen molar-refractivity contribution in [3.63, 3.8) is 0 Å². The Morgan fingerprint density at radius 3 is 1.00 bits per heavy atom. The highest BCUT2D eigenvalue weighted by molar-refractivity contribution is 5.21. The van der Waals surface area contributed by atoms with Gasteiger partial charge < -0.3 is 26.6 Å². The molecule has 0 atom stereocenters. The lowest BCUT2D eigenvalue weighted by molar-refractivity contribution is 0.557. The molecule has 2 aromatic carbocycles. The minimum atomic E-state index is 0.936. The van der Waals surface area contributed by atoms with Crippen LogP contribution in [-0.4, -0.2) is 52.4 Å². The third-order valence-electron chi connectivity index (χ3n) is 4.81. The first kappa shape index (κ1) is 23.5. The molecule has 0 unspecified atom stereocenters. The Balaban J connectivity index is 1.29. The fourth-order valence-corrected chi connectivity index (χ4v) is 2.96. The predicted molar refractivity (Wildman–Crippen MR) is 124 cm³/mol. The summed E-state index contributed by atoms with van der Waals surface area (Å²) in [4.78, 5) is 0. The molecule has 160 valence electrons. The molecule has 0 bridgehead atoms. The molecule has 0 heterocycles. The fraction of sp³-hybridized carbons (Fsp3) is 0.500. The topological polar surface area (TPSA) is 60.1 Å². The maximum Gasteiger partial charge on any atom is 0.0206 e. The van der Waals surface area contributed by atoms with Gasteiger partial charge in [0.2, 0.25) is 0 Å². The largest absolute Gasteiger partial charge is 0.314 e. The van der Waals surface area contributed by atoms with Crippen LogP contribution in [0.5, 0.6) is 0 Å². The summed E-state index contributed by atoms with van der Waals surface area (Å²) in [5.74, 6) is 0. The minimum absolute atomic E-state index is 0.936. The van der Waals surface area contributed by atoms with E-state index in [1.165, 1.54) is 22.3 Å². The van der Waals surface area contributed by atoms with Crippen LogP contribution in [0.4, 0.5) is 0 Å². The average Bonchev–Trinajstić information content (AvgIpc) is 2.73. The molecule has 5 heteroatoms. The van der Waals surface area contributed by atoms with Gasteiger partial charge in [0, 0.05) is 65.4 Å². The molecular formula is C24H39N5. The molecule has 0 aliphatic rings. The Labute approximate surface area is 177 Å². The van der Waals surface area contributed by atoms with Gasteiger partial charge in [-0.1, -0.05) is 59.7 Å². The number of hydrogen-bond acceptors (Lipinski definition) is 5. The van der Waals surface area contributed by atoms with Gasteiger partial charge in [0.05, 0.1) is 0 Å². The van der Waals surface area contributed by atoms with E-state index >= 15 is 0 Å². The van der Waals surface area contributed by atoms with Crippen molar-refractivity contribution in [1.29, 1.82) is 0 Å². The summed E-state index contributed by atoms with van der Waals surface area (Å²) in [6.45, 7) is 14.1. The lowest BCUT2D eigenvalue weighted by Gasteiger charge is -2.09. The van der Waals surface area contributed by atoms with Crippen LogP contribution in [-0.2, 0) is 13.1 Å². The zero-order valence-electron chi connectivity index (χ0n) is 18.2. The van der Waals surface area contributed by atoms with E-state index in [4.69, 9.17) is 0 Å². The summed E-state index contributed by atoms with van der Waals surface area (Å²) in [5.41, 5.74) is 5.31. The molecule has 0 radical (unpaired) electrons. The Morgan fingerprint density at radius 2 is 0.690 bits per heavy atom. The maximum absolute atomic E-state index is 3.47. The molecule has 29 heavy (non-hydrogen) atoms. The zero-order valence-corrected chi connectivity index (χ0v) is 18.2. The van der Waals surface area contributed by atoms with Crippen molar-refractivity contribution in [2.24, 2.45) is 0 Å². The predicted octanol–water partition coefficient (Wildman–Crippen LogP) is 1.95. The van der Waals surface area contributed by atoms with Crippen molar-refractivity contribution in [3.8, 4) is 0 Å². The van der Waals surface area contributed by atoms with E-state index in [9.17, 15) is 0 Å². The van der Waals surface area contributed by atoms with Crippen LogP contribution in [0.2, 0.25) is 0 Å². The highest BCUT2D eigenvalue weighted by Gasteiger charge is 1.94. The van der Waals surface area contributed by atoms with E-state index in [1.807, 2.05) is 0 Å². The second kappa shape index (κ2) is 15.1. The van der Waals surface area contributed by atoms with E-state index in [2.05, 4.69) is 89.0 Å². The lowest BCUT2D eigenvalue weighted by Crippen LogP contribution is -2.36. The number of aryl methyl sites for hydroxylation is 2. The molecule has 2 rings (SSSR count). The van der Waals surface area contributed by atoms with Crippen molar-refractivity contribution < 1.29 is 0 Å². The van der Waals surface area contributed by atoms with Crippen molar-refractivity contribution in [2.45, 2.75) is 26.9 Å². The molecule has 0 aliphatic heterocycles. The summed E-state index contributed by atoms with van der Waals surface area (Å²) in [6.07, 6.45) is 0. The molecule has 2 aromatic rings. The van der Waals surface area contributed by atoms with Crippen molar-refractivity contribution in [2.75, 3.05) is 52.4 Å². The normalized spacial score (nSPS) is 11.1. The van der Waals surface area contributed by atoms with Gasteiger partial charge in [-0.3, -0.25) is 0 Å². The third-order valence-corrected chi connectivity index (χ3v) is 4.81. The highest BCUT2D eigenvalue weighted by Crippen LogP contribution is 2.02. The molecule has 0 saturated heterocycles. The van der Waals surface area contributed by atoms with E-state index in [0.29, 0.717) is 0 Å². The number of hydrogen-bond donors (Lipinski definition) is 5. The summed E-state index contributed by atoms with van der Waals surface area (Å²) >= 11 is 0. The standard InChI is InChI=1S/C24H39N5/c1-21-3-7-23(8-4-21)19-28-17-15-26-13-11-25-12-14-27-16-18-29-20-24-9-5-22(2)6-10-24/h3-10,25-29H,11-20H2,1-2H3. The molecule has 0 saturated carbocycles. The van der Waals surface area contributed by atoms with Gasteiger partial charge >= 0.3 is 0 Å². The molecule has 0 aliphatic carbocycles. The van der Waals surface area contributed by atoms with Crippen LogP contribution in [0.3, 0.4) is 0 Å². The molecule has 0 spiro atoms. The SMILES string of the molecule is Cc1ccc(CNCCNCCNCCNCCNCc2ccc(C)cc2)cc1. The third kappa shape index (κ3) is 11.7. The number of nitrogens with one attached hydrogen (secondary N) is 5. The first-order valence-electron chi connectivity index (χ1n) is 10.9. The van der Waals surface area contributed by atoms with Gasteiger partial charge in [-0.15, -0.1) is 0 Å². The second-order valence-electron chi connectivity index (χ2n) is 7.57. The highest BCUT2D eigenvalue weighted by atomic mass is 15.0. The van der Waals surface area contributed by atoms with Gasteiger partial charge in [-0.25, -0.2) is 0 Å². The Bertz CT molecular complexity index is 582. The average molecular weight is 398 g/mol. The number of benzene rings is 2. The Morgan fingerprint density at radius 1 is 0.414 bits per heavy atom. The zero-order chi connectivity index (χ0) is 20.6. The number of rotatable bonds is 16. The Kier molecular flexibility index (Phi) is 12.3. The monoisotopic (exact) mass is 397 g/mol. The van der Waals surface area contributed by atoms with E-state index in [1.54, 1.807) is 0 Å². The van der Waals surface area contributed by atoms with Crippen molar-refractivity contribution >= 4 is 0 Å². The summed E-state index contributed by atoms with van der Waals surface area (Å²) in [6, 6.07) is 17.4. The molecule has 0 aromatic heterocycles. The molecule has 0 fully saturated rings. The molecule has 5 N–H and O–H groups in total. The summed E-state index contributed by atoms with van der Waals surface area (Å²) < 4.78 is 0. The fourth-order valence-electron chi connectivity index (χ4n) is 2.96. The van der Waals surface area contributed by atoms with Gasteiger partial charge in [0.25, 0.3) is 0 Å². The first-order chi connectivity index (χ1) is 14.2. The summed E-state index contributed by atoms with van der Waals surface area (Å²) in [7, 11) is 0. The molecule has 0 amide bonds. The second-order valence-corrected chi connectivity index (χ2v) is 7.57. The van der Waals surface area contributed by atoms with E-state index in [-0.39, 0.29) is 0 Å². The Hall–Kier alpha value is -1.76. The van der Waals surface area contributed by atoms with Crippen molar-refractivity contribution in [3.05, 3.63) is 70.8 Å². The first-order valence-corrected chi connectivity index (χ1v) is 10.9. The van der Waals surface area contributed by atoms with Crippen LogP contribution < -0.4 is 26.6 Å². The maximum atomic E-state index is 3.47.